The number of halogens is 1. The predicted octanol–water partition coefficient (Wildman–Crippen LogP) is 1.35. The van der Waals surface area contributed by atoms with Crippen molar-refractivity contribution in [1.29, 1.82) is 0 Å². The van der Waals surface area contributed by atoms with Crippen LogP contribution in [0.4, 0.5) is 0 Å². The molecule has 1 heterocycles. The summed E-state index contributed by atoms with van der Waals surface area (Å²) in [6.07, 6.45) is 2.92. The van der Waals surface area contributed by atoms with E-state index in [1.54, 1.807) is 0 Å². The molecule has 1 rings (SSSR count). The lowest BCUT2D eigenvalue weighted by atomic mass is 10.2. The second-order valence-corrected chi connectivity index (χ2v) is 2.49. The molecule has 1 aliphatic rings. The standard InChI is InChI=1S/C7H15NO.BrH/c1-2-3-7-6-8-4-5-9-7;/h7-8H,2-6H2,1H3;1H. The molecule has 10 heavy (non-hydrogen) atoms. The molecule has 1 fully saturated rings. The summed E-state index contributed by atoms with van der Waals surface area (Å²) in [5.74, 6) is 0. The highest BCUT2D eigenvalue weighted by atomic mass is 79.9. The molecule has 0 bridgehead atoms. The number of hydrogen-bond acceptors (Lipinski definition) is 2. The molecular formula is C7H16BrNO. The number of nitrogens with one attached hydrogen (secondary N) is 1. The molecule has 0 aromatic carbocycles. The number of ether oxygens (including phenoxy) is 1. The van der Waals surface area contributed by atoms with Gasteiger partial charge in [-0.25, -0.2) is 0 Å². The fraction of sp³-hybridized carbons (Fsp3) is 1.00. The molecule has 0 aromatic rings. The fourth-order valence-electron chi connectivity index (χ4n) is 1.13. The van der Waals surface area contributed by atoms with Crippen molar-refractivity contribution < 1.29 is 4.74 Å². The van der Waals surface area contributed by atoms with E-state index in [2.05, 4.69) is 12.2 Å². The molecule has 1 atom stereocenters. The predicted molar refractivity (Wildman–Crippen MR) is 47.8 cm³/mol. The average Bonchev–Trinajstić information content (AvgIpc) is 1.91. The highest BCUT2D eigenvalue weighted by Crippen LogP contribution is 2.02. The first-order chi connectivity index (χ1) is 4.43. The van der Waals surface area contributed by atoms with Crippen LogP contribution in [0.2, 0.25) is 0 Å². The molecule has 1 N–H and O–H groups in total. The maximum absolute atomic E-state index is 5.46. The Balaban J connectivity index is 0.000000810. The van der Waals surface area contributed by atoms with Gasteiger partial charge >= 0.3 is 0 Å². The summed E-state index contributed by atoms with van der Waals surface area (Å²) >= 11 is 0. The normalized spacial score (nSPS) is 25.5. The Bertz CT molecular complexity index is 71.3. The summed E-state index contributed by atoms with van der Waals surface area (Å²) < 4.78 is 5.46. The molecule has 1 saturated heterocycles. The summed E-state index contributed by atoms with van der Waals surface area (Å²) in [5, 5.41) is 3.29. The van der Waals surface area contributed by atoms with Crippen LogP contribution < -0.4 is 5.32 Å². The van der Waals surface area contributed by atoms with Crippen LogP contribution in [0.25, 0.3) is 0 Å². The number of morpholine rings is 1. The topological polar surface area (TPSA) is 21.3 Å². The van der Waals surface area contributed by atoms with Gasteiger partial charge in [0, 0.05) is 13.1 Å². The van der Waals surface area contributed by atoms with Crippen LogP contribution in [0, 0.1) is 0 Å². The van der Waals surface area contributed by atoms with Gasteiger partial charge < -0.3 is 10.1 Å². The van der Waals surface area contributed by atoms with Crippen molar-refractivity contribution in [3.05, 3.63) is 0 Å². The third-order valence-electron chi connectivity index (χ3n) is 1.62. The van der Waals surface area contributed by atoms with Crippen LogP contribution in [-0.2, 0) is 4.74 Å². The Hall–Kier alpha value is 0.400. The molecule has 0 aromatic heterocycles. The summed E-state index contributed by atoms with van der Waals surface area (Å²) in [5.41, 5.74) is 0. The van der Waals surface area contributed by atoms with Crippen molar-refractivity contribution in [2.24, 2.45) is 0 Å². The van der Waals surface area contributed by atoms with Gasteiger partial charge in [0.1, 0.15) is 0 Å². The Morgan fingerprint density at radius 1 is 1.60 bits per heavy atom. The lowest BCUT2D eigenvalue weighted by molar-refractivity contribution is 0.0232. The van der Waals surface area contributed by atoms with Crippen LogP contribution in [0.1, 0.15) is 19.8 Å². The van der Waals surface area contributed by atoms with Crippen molar-refractivity contribution >= 4 is 17.0 Å². The summed E-state index contributed by atoms with van der Waals surface area (Å²) in [4.78, 5) is 0. The van der Waals surface area contributed by atoms with E-state index in [0.29, 0.717) is 6.10 Å². The van der Waals surface area contributed by atoms with Crippen molar-refractivity contribution in [3.8, 4) is 0 Å². The maximum Gasteiger partial charge on any atom is 0.0700 e. The monoisotopic (exact) mass is 209 g/mol. The SMILES string of the molecule is Br.CCCC1CNCCO1. The van der Waals surface area contributed by atoms with E-state index >= 15 is 0 Å². The smallest absolute Gasteiger partial charge is 0.0700 e. The summed E-state index contributed by atoms with van der Waals surface area (Å²) in [7, 11) is 0. The fourth-order valence-corrected chi connectivity index (χ4v) is 1.13. The molecule has 0 spiro atoms. The number of rotatable bonds is 2. The maximum atomic E-state index is 5.46. The lowest BCUT2D eigenvalue weighted by Crippen LogP contribution is -2.38. The minimum absolute atomic E-state index is 0. The van der Waals surface area contributed by atoms with E-state index in [1.165, 1.54) is 12.8 Å². The lowest BCUT2D eigenvalue weighted by Gasteiger charge is -2.22. The minimum atomic E-state index is 0. The molecule has 2 nitrogen and oxygen atoms in total. The summed E-state index contributed by atoms with van der Waals surface area (Å²) in [6.45, 7) is 5.16. The molecule has 3 heteroatoms. The van der Waals surface area contributed by atoms with Gasteiger partial charge in [0.05, 0.1) is 12.7 Å². The van der Waals surface area contributed by atoms with Gasteiger partial charge in [-0.05, 0) is 6.42 Å². The first-order valence-corrected chi connectivity index (χ1v) is 3.76. The van der Waals surface area contributed by atoms with Gasteiger partial charge in [-0.2, -0.15) is 0 Å². The second kappa shape index (κ2) is 6.13. The molecule has 0 amide bonds. The third-order valence-corrected chi connectivity index (χ3v) is 1.62. The van der Waals surface area contributed by atoms with Crippen LogP contribution in [0.3, 0.4) is 0 Å². The first-order valence-electron chi connectivity index (χ1n) is 3.76. The zero-order valence-electron chi connectivity index (χ0n) is 6.43. The summed E-state index contributed by atoms with van der Waals surface area (Å²) in [6, 6.07) is 0. The van der Waals surface area contributed by atoms with E-state index in [4.69, 9.17) is 4.74 Å². The van der Waals surface area contributed by atoms with Crippen molar-refractivity contribution in [3.63, 3.8) is 0 Å². The Kier molecular flexibility index (Phi) is 6.38. The van der Waals surface area contributed by atoms with Gasteiger partial charge in [0.15, 0.2) is 0 Å². The Labute approximate surface area is 73.1 Å². The van der Waals surface area contributed by atoms with Gasteiger partial charge in [0.2, 0.25) is 0 Å². The Morgan fingerprint density at radius 3 is 2.90 bits per heavy atom. The van der Waals surface area contributed by atoms with Crippen molar-refractivity contribution in [2.45, 2.75) is 25.9 Å². The van der Waals surface area contributed by atoms with Gasteiger partial charge in [-0.3, -0.25) is 0 Å². The van der Waals surface area contributed by atoms with E-state index in [9.17, 15) is 0 Å². The average molecular weight is 210 g/mol. The molecule has 62 valence electrons. The van der Waals surface area contributed by atoms with Crippen molar-refractivity contribution in [1.82, 2.24) is 5.32 Å². The second-order valence-electron chi connectivity index (χ2n) is 2.49. The third kappa shape index (κ3) is 3.54. The van der Waals surface area contributed by atoms with E-state index < -0.39 is 0 Å². The van der Waals surface area contributed by atoms with Crippen LogP contribution >= 0.6 is 17.0 Å². The molecular weight excluding hydrogens is 194 g/mol. The molecule has 0 radical (unpaired) electrons. The van der Waals surface area contributed by atoms with Gasteiger partial charge in [0.25, 0.3) is 0 Å². The highest BCUT2D eigenvalue weighted by Gasteiger charge is 2.10. The highest BCUT2D eigenvalue weighted by molar-refractivity contribution is 8.93. The quantitative estimate of drug-likeness (QED) is 0.742. The number of hydrogen-bond donors (Lipinski definition) is 1. The largest absolute Gasteiger partial charge is 0.376 e. The molecule has 0 saturated carbocycles. The van der Waals surface area contributed by atoms with E-state index in [0.717, 1.165) is 19.7 Å². The zero-order valence-corrected chi connectivity index (χ0v) is 8.14. The van der Waals surface area contributed by atoms with E-state index in [-0.39, 0.29) is 17.0 Å². The van der Waals surface area contributed by atoms with Crippen LogP contribution in [0.5, 0.6) is 0 Å². The zero-order chi connectivity index (χ0) is 6.53. The van der Waals surface area contributed by atoms with Gasteiger partial charge in [-0.1, -0.05) is 13.3 Å². The Morgan fingerprint density at radius 2 is 2.40 bits per heavy atom. The minimum Gasteiger partial charge on any atom is -0.376 e. The van der Waals surface area contributed by atoms with E-state index in [1.807, 2.05) is 0 Å². The van der Waals surface area contributed by atoms with Gasteiger partial charge in [-0.15, -0.1) is 17.0 Å². The molecule has 1 unspecified atom stereocenters. The molecule has 0 aliphatic carbocycles. The molecule has 1 aliphatic heterocycles. The van der Waals surface area contributed by atoms with Crippen LogP contribution in [0.15, 0.2) is 0 Å². The van der Waals surface area contributed by atoms with Crippen LogP contribution in [-0.4, -0.2) is 25.8 Å². The van der Waals surface area contributed by atoms with Crippen molar-refractivity contribution in [2.75, 3.05) is 19.7 Å². The first kappa shape index (κ1) is 10.4.